The van der Waals surface area contributed by atoms with Gasteiger partial charge in [-0.15, -0.1) is 0 Å². The first-order valence-electron chi connectivity index (χ1n) is 10.3. The average molecular weight is 389 g/mol. The predicted octanol–water partition coefficient (Wildman–Crippen LogP) is 4.52. The largest absolute Gasteiger partial charge is 0.322 e. The number of nitrogens with one attached hydrogen (secondary N) is 2. The van der Waals surface area contributed by atoms with Crippen molar-refractivity contribution in [3.05, 3.63) is 76.6 Å². The molecule has 4 rings (SSSR count). The molecule has 1 amide bonds. The number of hydrogen-bond acceptors (Lipinski definition) is 3. The van der Waals surface area contributed by atoms with Gasteiger partial charge in [-0.3, -0.25) is 4.79 Å². The van der Waals surface area contributed by atoms with Crippen molar-refractivity contribution in [1.29, 1.82) is 0 Å². The second kappa shape index (κ2) is 8.21. The van der Waals surface area contributed by atoms with Crippen molar-refractivity contribution in [3.8, 4) is 5.69 Å². The third kappa shape index (κ3) is 3.83. The summed E-state index contributed by atoms with van der Waals surface area (Å²) in [4.78, 5) is 13.3. The zero-order valence-corrected chi connectivity index (χ0v) is 17.3. The van der Waals surface area contributed by atoms with Gasteiger partial charge in [0.15, 0.2) is 0 Å². The summed E-state index contributed by atoms with van der Waals surface area (Å²) in [6.45, 7) is 8.12. The fourth-order valence-corrected chi connectivity index (χ4v) is 4.24. The van der Waals surface area contributed by atoms with Gasteiger partial charge < -0.3 is 10.6 Å². The van der Waals surface area contributed by atoms with Gasteiger partial charge in [-0.25, -0.2) is 4.68 Å². The second-order valence-electron chi connectivity index (χ2n) is 7.89. The van der Waals surface area contributed by atoms with Crippen molar-refractivity contribution >= 4 is 11.6 Å². The lowest BCUT2D eigenvalue weighted by atomic mass is 9.91. The maximum atomic E-state index is 13.3. The van der Waals surface area contributed by atoms with Crippen LogP contribution in [0.15, 0.2) is 48.7 Å². The molecule has 3 aromatic rings. The topological polar surface area (TPSA) is 59.0 Å². The van der Waals surface area contributed by atoms with E-state index in [1.165, 1.54) is 0 Å². The van der Waals surface area contributed by atoms with Crippen molar-refractivity contribution in [3.63, 3.8) is 0 Å². The molecule has 0 saturated carbocycles. The van der Waals surface area contributed by atoms with Gasteiger partial charge in [0.1, 0.15) is 0 Å². The van der Waals surface area contributed by atoms with E-state index < -0.39 is 0 Å². The highest BCUT2D eigenvalue weighted by atomic mass is 16.1. The van der Waals surface area contributed by atoms with Crippen molar-refractivity contribution < 1.29 is 4.79 Å². The van der Waals surface area contributed by atoms with Crippen molar-refractivity contribution in [2.75, 3.05) is 18.4 Å². The van der Waals surface area contributed by atoms with E-state index in [9.17, 15) is 4.79 Å². The first kappa shape index (κ1) is 19.4. The summed E-state index contributed by atoms with van der Waals surface area (Å²) in [5.74, 6) is 0.209. The first-order chi connectivity index (χ1) is 14.1. The van der Waals surface area contributed by atoms with E-state index in [-0.39, 0.29) is 5.91 Å². The smallest absolute Gasteiger partial charge is 0.259 e. The number of aryl methyl sites for hydroxylation is 3. The summed E-state index contributed by atoms with van der Waals surface area (Å²) >= 11 is 0. The molecule has 0 bridgehead atoms. The highest BCUT2D eigenvalue weighted by Crippen LogP contribution is 2.32. The Bertz CT molecular complexity index is 1010. The molecule has 0 spiro atoms. The molecule has 0 atom stereocenters. The minimum absolute atomic E-state index is 0.0923. The van der Waals surface area contributed by atoms with E-state index in [0.29, 0.717) is 11.5 Å². The molecule has 2 heterocycles. The van der Waals surface area contributed by atoms with Gasteiger partial charge in [0, 0.05) is 11.6 Å². The lowest BCUT2D eigenvalue weighted by Gasteiger charge is -2.25. The molecular formula is C24H28N4O. The average Bonchev–Trinajstić information content (AvgIpc) is 3.15. The number of anilines is 1. The third-order valence-corrected chi connectivity index (χ3v) is 5.82. The Labute approximate surface area is 172 Å². The predicted molar refractivity (Wildman–Crippen MR) is 117 cm³/mol. The summed E-state index contributed by atoms with van der Waals surface area (Å²) in [6, 6.07) is 14.1. The van der Waals surface area contributed by atoms with Crippen LogP contribution in [0.4, 0.5) is 5.69 Å². The van der Waals surface area contributed by atoms with Gasteiger partial charge in [0.2, 0.25) is 0 Å². The van der Waals surface area contributed by atoms with Gasteiger partial charge >= 0.3 is 0 Å². The Hall–Kier alpha value is -2.92. The van der Waals surface area contributed by atoms with Gasteiger partial charge in [-0.2, -0.15) is 5.10 Å². The number of rotatable bonds is 4. The number of nitrogens with zero attached hydrogens (tertiary/aromatic N) is 2. The number of carbonyl (C=O) groups excluding carboxylic acids is 1. The van der Waals surface area contributed by atoms with E-state index in [1.807, 2.05) is 35.9 Å². The third-order valence-electron chi connectivity index (χ3n) is 5.82. The van der Waals surface area contributed by atoms with E-state index in [0.717, 1.165) is 59.7 Å². The standard InChI is InChI=1S/C24H28N4O/c1-16-7-4-5-10-21(16)27-24(29)20-15-26-28(22-17(2)8-6-9-18(22)3)23(20)19-11-13-25-14-12-19/h4-10,15,19,25H,11-14H2,1-3H3,(H,27,29). The lowest BCUT2D eigenvalue weighted by Crippen LogP contribution is -2.29. The first-order valence-corrected chi connectivity index (χ1v) is 10.3. The van der Waals surface area contributed by atoms with E-state index in [2.05, 4.69) is 42.7 Å². The molecule has 1 aliphatic rings. The van der Waals surface area contributed by atoms with Crippen LogP contribution in [-0.2, 0) is 0 Å². The number of benzene rings is 2. The lowest BCUT2D eigenvalue weighted by molar-refractivity contribution is 0.102. The number of hydrogen-bond donors (Lipinski definition) is 2. The number of carbonyl (C=O) groups is 1. The Kier molecular flexibility index (Phi) is 5.49. The second-order valence-corrected chi connectivity index (χ2v) is 7.89. The van der Waals surface area contributed by atoms with Crippen LogP contribution in [-0.4, -0.2) is 28.8 Å². The van der Waals surface area contributed by atoms with Crippen LogP contribution in [0.5, 0.6) is 0 Å². The highest BCUT2D eigenvalue weighted by molar-refractivity contribution is 6.05. The summed E-state index contributed by atoms with van der Waals surface area (Å²) in [5, 5.41) is 11.2. The van der Waals surface area contributed by atoms with Crippen LogP contribution in [0.1, 0.15) is 51.5 Å². The van der Waals surface area contributed by atoms with Gasteiger partial charge in [0.25, 0.3) is 5.91 Å². The van der Waals surface area contributed by atoms with Gasteiger partial charge in [-0.1, -0.05) is 36.4 Å². The van der Waals surface area contributed by atoms with Crippen LogP contribution in [0, 0.1) is 20.8 Å². The molecule has 150 valence electrons. The molecule has 0 radical (unpaired) electrons. The maximum absolute atomic E-state index is 13.3. The number of piperidine rings is 1. The van der Waals surface area contributed by atoms with E-state index >= 15 is 0 Å². The van der Waals surface area contributed by atoms with Crippen molar-refractivity contribution in [2.45, 2.75) is 39.5 Å². The molecule has 1 aromatic heterocycles. The van der Waals surface area contributed by atoms with Crippen LogP contribution < -0.4 is 10.6 Å². The van der Waals surface area contributed by atoms with Crippen LogP contribution in [0.25, 0.3) is 5.69 Å². The molecule has 5 nitrogen and oxygen atoms in total. The summed E-state index contributed by atoms with van der Waals surface area (Å²) < 4.78 is 2.01. The highest BCUT2D eigenvalue weighted by Gasteiger charge is 2.28. The molecule has 1 fully saturated rings. The van der Waals surface area contributed by atoms with Crippen molar-refractivity contribution in [2.24, 2.45) is 0 Å². The molecule has 1 saturated heterocycles. The SMILES string of the molecule is Cc1ccccc1NC(=O)c1cnn(-c2c(C)cccc2C)c1C1CCNCC1. The van der Waals surface area contributed by atoms with Crippen molar-refractivity contribution in [1.82, 2.24) is 15.1 Å². The van der Waals surface area contributed by atoms with Crippen LogP contribution >= 0.6 is 0 Å². The number of amides is 1. The Morgan fingerprint density at radius 3 is 2.34 bits per heavy atom. The fourth-order valence-electron chi connectivity index (χ4n) is 4.24. The maximum Gasteiger partial charge on any atom is 0.259 e. The van der Waals surface area contributed by atoms with E-state index in [4.69, 9.17) is 5.10 Å². The minimum atomic E-state index is -0.0923. The van der Waals surface area contributed by atoms with Gasteiger partial charge in [-0.05, 0) is 69.5 Å². The summed E-state index contributed by atoms with van der Waals surface area (Å²) in [5.41, 5.74) is 6.98. The molecule has 5 heteroatoms. The fraction of sp³-hybridized carbons (Fsp3) is 0.333. The number of aromatic nitrogens is 2. The normalized spacial score (nSPS) is 14.7. The molecule has 0 unspecified atom stereocenters. The minimum Gasteiger partial charge on any atom is -0.322 e. The van der Waals surface area contributed by atoms with E-state index in [1.54, 1.807) is 6.20 Å². The molecule has 2 aromatic carbocycles. The summed E-state index contributed by atoms with van der Waals surface area (Å²) in [7, 11) is 0. The zero-order chi connectivity index (χ0) is 20.4. The molecule has 0 aliphatic carbocycles. The Balaban J connectivity index is 1.79. The van der Waals surface area contributed by atoms with Crippen LogP contribution in [0.2, 0.25) is 0 Å². The molecule has 29 heavy (non-hydrogen) atoms. The Morgan fingerprint density at radius 2 is 1.66 bits per heavy atom. The van der Waals surface area contributed by atoms with Gasteiger partial charge in [0.05, 0.1) is 23.1 Å². The quantitative estimate of drug-likeness (QED) is 0.691. The molecule has 1 aliphatic heterocycles. The summed E-state index contributed by atoms with van der Waals surface area (Å²) in [6.07, 6.45) is 3.74. The molecule has 2 N–H and O–H groups in total. The number of para-hydroxylation sites is 2. The molecular weight excluding hydrogens is 360 g/mol. The monoisotopic (exact) mass is 388 g/mol. The van der Waals surface area contributed by atoms with Crippen LogP contribution in [0.3, 0.4) is 0 Å². The Morgan fingerprint density at radius 1 is 1.00 bits per heavy atom. The zero-order valence-electron chi connectivity index (χ0n) is 17.3.